The molecule has 232 valence electrons. The van der Waals surface area contributed by atoms with Crippen LogP contribution in [0.25, 0.3) is 0 Å². The molecule has 0 aliphatic heterocycles. The van der Waals surface area contributed by atoms with Gasteiger partial charge in [0.25, 0.3) is 17.4 Å². The summed E-state index contributed by atoms with van der Waals surface area (Å²) in [5.41, 5.74) is -0.689. The van der Waals surface area contributed by atoms with E-state index in [2.05, 4.69) is 28.2 Å². The summed E-state index contributed by atoms with van der Waals surface area (Å²) in [5.74, 6) is -1.89. The summed E-state index contributed by atoms with van der Waals surface area (Å²) in [7, 11) is 1.30. The van der Waals surface area contributed by atoms with Gasteiger partial charge >= 0.3 is 0 Å². The van der Waals surface area contributed by atoms with E-state index >= 15 is 0 Å². The number of carbonyl (C=O) groups is 5. The van der Waals surface area contributed by atoms with Gasteiger partial charge < -0.3 is 25.8 Å². The number of likely N-dealkylation sites (N-methyl/N-ethyl adjacent to an activating group) is 1. The molecule has 0 radical (unpaired) electrons. The summed E-state index contributed by atoms with van der Waals surface area (Å²) in [6.45, 7) is 1.94. The monoisotopic (exact) mass is 651 g/mol. The third kappa shape index (κ3) is 8.24. The third-order valence-corrected chi connectivity index (χ3v) is 9.72. The van der Waals surface area contributed by atoms with Crippen LogP contribution >= 0.6 is 34.5 Å². The Hall–Kier alpha value is -3.22. The van der Waals surface area contributed by atoms with Crippen molar-refractivity contribution in [2.45, 2.75) is 70.5 Å². The van der Waals surface area contributed by atoms with E-state index in [4.69, 9.17) is 23.2 Å². The normalized spacial score (nSPS) is 21.8. The number of anilines is 1. The number of hydrogen-bond acceptors (Lipinski definition) is 7. The number of nitrogens with one attached hydrogen (secondary N) is 4. The fourth-order valence-corrected chi connectivity index (χ4v) is 7.62. The van der Waals surface area contributed by atoms with Gasteiger partial charge in [-0.2, -0.15) is 0 Å². The van der Waals surface area contributed by atoms with Crippen LogP contribution in [0.15, 0.2) is 29.2 Å². The Morgan fingerprint density at radius 2 is 1.91 bits per heavy atom. The zero-order valence-electron chi connectivity index (χ0n) is 23.9. The van der Waals surface area contributed by atoms with Crippen LogP contribution in [0.2, 0.25) is 8.67 Å². The molecule has 2 fully saturated rings. The molecular weight excluding hydrogens is 617 g/mol. The second-order valence-corrected chi connectivity index (χ2v) is 13.5. The van der Waals surface area contributed by atoms with Gasteiger partial charge in [-0.05, 0) is 61.6 Å². The number of pyridine rings is 1. The van der Waals surface area contributed by atoms with Crippen molar-refractivity contribution in [3.8, 4) is 0 Å². The van der Waals surface area contributed by atoms with Gasteiger partial charge in [0, 0.05) is 25.7 Å². The number of rotatable bonds is 11. The molecule has 2 heterocycles. The second kappa shape index (κ2) is 14.5. The number of thiophene rings is 1. The molecule has 5 atom stereocenters. The zero-order chi connectivity index (χ0) is 31.3. The molecule has 43 heavy (non-hydrogen) atoms. The number of nitrogens with zero attached hydrogens (tertiary/aromatic N) is 1. The van der Waals surface area contributed by atoms with E-state index in [0.717, 1.165) is 36.5 Å². The van der Waals surface area contributed by atoms with Gasteiger partial charge in [0.1, 0.15) is 22.6 Å². The van der Waals surface area contributed by atoms with Crippen LogP contribution in [0.3, 0.4) is 0 Å². The molecule has 14 heteroatoms. The van der Waals surface area contributed by atoms with E-state index in [1.165, 1.54) is 48.9 Å². The van der Waals surface area contributed by atoms with Crippen molar-refractivity contribution in [3.63, 3.8) is 0 Å². The number of amides is 4. The van der Waals surface area contributed by atoms with Crippen LogP contribution in [-0.4, -0.2) is 53.1 Å². The molecule has 2 saturated carbocycles. The minimum Gasteiger partial charge on any atom is -0.353 e. The second-order valence-electron chi connectivity index (χ2n) is 11.2. The molecule has 2 aliphatic rings. The van der Waals surface area contributed by atoms with Crippen molar-refractivity contribution in [1.29, 1.82) is 0 Å². The van der Waals surface area contributed by atoms with Crippen molar-refractivity contribution in [3.05, 3.63) is 49.0 Å². The molecule has 2 aromatic heterocycles. The van der Waals surface area contributed by atoms with Crippen LogP contribution in [0.5, 0.6) is 0 Å². The maximum absolute atomic E-state index is 13.3. The number of ketones is 1. The highest BCUT2D eigenvalue weighted by Gasteiger charge is 2.38. The average Bonchev–Trinajstić information content (AvgIpc) is 3.32. The maximum Gasteiger partial charge on any atom is 0.287 e. The van der Waals surface area contributed by atoms with Gasteiger partial charge in [0.15, 0.2) is 0 Å². The Balaban J connectivity index is 1.45. The lowest BCUT2D eigenvalue weighted by Crippen LogP contribution is -2.50. The third-order valence-electron chi connectivity index (χ3n) is 8.23. The van der Waals surface area contributed by atoms with Crippen molar-refractivity contribution in [2.75, 3.05) is 12.4 Å². The summed E-state index contributed by atoms with van der Waals surface area (Å²) >= 11 is 13.0. The predicted octanol–water partition coefficient (Wildman–Crippen LogP) is 3.38. The van der Waals surface area contributed by atoms with E-state index in [1.54, 1.807) is 0 Å². The Morgan fingerprint density at radius 1 is 1.14 bits per heavy atom. The first kappa shape index (κ1) is 32.7. The van der Waals surface area contributed by atoms with Gasteiger partial charge in [-0.1, -0.05) is 43.0 Å². The number of aromatic nitrogens is 1. The molecule has 4 amide bonds. The predicted molar refractivity (Wildman–Crippen MR) is 164 cm³/mol. The van der Waals surface area contributed by atoms with Crippen molar-refractivity contribution in [1.82, 2.24) is 20.5 Å². The number of carbonyl (C=O) groups excluding carboxylic acids is 5. The zero-order valence-corrected chi connectivity index (χ0v) is 26.2. The van der Waals surface area contributed by atoms with Crippen LogP contribution in [0.1, 0.15) is 62.2 Å². The molecule has 0 aromatic carbocycles. The van der Waals surface area contributed by atoms with Gasteiger partial charge in [0.05, 0.1) is 9.90 Å². The van der Waals surface area contributed by atoms with E-state index in [9.17, 15) is 28.8 Å². The Morgan fingerprint density at radius 3 is 2.60 bits per heavy atom. The number of Topliss-reactive ketones (excluding diaryl/α,β-unsaturated/α-hetero) is 1. The van der Waals surface area contributed by atoms with Gasteiger partial charge in [-0.3, -0.25) is 28.8 Å². The lowest BCUT2D eigenvalue weighted by atomic mass is 9.65. The summed E-state index contributed by atoms with van der Waals surface area (Å²) in [4.78, 5) is 76.2. The fourth-order valence-electron chi connectivity index (χ4n) is 6.16. The van der Waals surface area contributed by atoms with Gasteiger partial charge in [-0.15, -0.1) is 11.3 Å². The molecule has 4 rings (SSSR count). The minimum atomic E-state index is -1.31. The van der Waals surface area contributed by atoms with Gasteiger partial charge in [-0.25, -0.2) is 0 Å². The standard InChI is InChI=1S/C29H35Cl2N5O6S/c1-15-11-16-5-3-6-17(12-16)24(15)35-23(38)14-36-10-4-7-20(29(36)42)34-27(40)19(8-9-21(37)28(41)32-2)33-26(39)18-13-22(30)43-25(18)31/h4,7,10,13,15-17,19,24H,3,5-6,8-9,11-12,14H2,1-2H3,(H,32,41)(H,33,39)(H,34,40)(H,35,38)/t15?,16?,17?,19-,24?/m0/s1. The van der Waals surface area contributed by atoms with Crippen LogP contribution in [0.4, 0.5) is 5.69 Å². The molecule has 4 N–H and O–H groups in total. The molecule has 2 aromatic rings. The number of halogens is 2. The van der Waals surface area contributed by atoms with E-state index in [1.807, 2.05) is 0 Å². The van der Waals surface area contributed by atoms with E-state index in [-0.39, 0.29) is 51.3 Å². The topological polar surface area (TPSA) is 155 Å². The van der Waals surface area contributed by atoms with Crippen molar-refractivity contribution < 1.29 is 24.0 Å². The highest BCUT2D eigenvalue weighted by atomic mass is 35.5. The minimum absolute atomic E-state index is 0.0382. The van der Waals surface area contributed by atoms with Crippen LogP contribution in [-0.2, 0) is 25.7 Å². The van der Waals surface area contributed by atoms with Gasteiger partial charge in [0.2, 0.25) is 17.6 Å². The van der Waals surface area contributed by atoms with Crippen LogP contribution < -0.4 is 26.8 Å². The summed E-state index contributed by atoms with van der Waals surface area (Å²) in [5, 5.41) is 10.4. The Bertz CT molecular complexity index is 1460. The Labute approximate surface area is 263 Å². The summed E-state index contributed by atoms with van der Waals surface area (Å²) in [6, 6.07) is 3.00. The SMILES string of the molecule is CNC(=O)C(=O)CC[C@H](NC(=O)c1cc(Cl)sc1Cl)C(=O)Nc1cccn(CC(=O)NC2C(C)CC3CCCC2C3)c1=O. The molecule has 4 unspecified atom stereocenters. The lowest BCUT2D eigenvalue weighted by Gasteiger charge is -2.44. The molecule has 2 aliphatic carbocycles. The molecule has 11 nitrogen and oxygen atoms in total. The average molecular weight is 653 g/mol. The number of hydrogen-bond donors (Lipinski definition) is 4. The highest BCUT2D eigenvalue weighted by molar-refractivity contribution is 7.20. The molecule has 0 spiro atoms. The number of fused-ring (bicyclic) bond motifs is 2. The van der Waals surface area contributed by atoms with Crippen molar-refractivity contribution in [2.24, 2.45) is 17.8 Å². The smallest absolute Gasteiger partial charge is 0.287 e. The first-order chi connectivity index (χ1) is 20.5. The highest BCUT2D eigenvalue weighted by Crippen LogP contribution is 2.42. The fraction of sp³-hybridized carbons (Fsp3) is 0.517. The lowest BCUT2D eigenvalue weighted by molar-refractivity contribution is -0.137. The summed E-state index contributed by atoms with van der Waals surface area (Å²) in [6.07, 6.45) is 6.59. The molecular formula is C29H35Cl2N5O6S. The van der Waals surface area contributed by atoms with E-state index < -0.39 is 35.1 Å². The first-order valence-corrected chi connectivity index (χ1v) is 15.8. The van der Waals surface area contributed by atoms with E-state index in [0.29, 0.717) is 11.8 Å². The Kier molecular flexibility index (Phi) is 11.0. The van der Waals surface area contributed by atoms with Crippen molar-refractivity contribution >= 4 is 69.6 Å². The largest absolute Gasteiger partial charge is 0.353 e. The molecule has 0 saturated heterocycles. The quantitative estimate of drug-likeness (QED) is 0.273. The maximum atomic E-state index is 13.3. The first-order valence-electron chi connectivity index (χ1n) is 14.3. The van der Waals surface area contributed by atoms with Crippen LogP contribution in [0, 0.1) is 17.8 Å². The molecule has 2 bridgehead atoms. The summed E-state index contributed by atoms with van der Waals surface area (Å²) < 4.78 is 1.58.